The van der Waals surface area contributed by atoms with Gasteiger partial charge < -0.3 is 15.0 Å². The van der Waals surface area contributed by atoms with E-state index in [0.29, 0.717) is 29.6 Å². The van der Waals surface area contributed by atoms with E-state index in [2.05, 4.69) is 5.32 Å². The number of amides is 2. The SMILES string of the molecule is CC(C)CNC(=O)[C@H](C)N(Cc1ccc(Cl)cc1)C(=O)CN(c1ccc(OCc2ccccc2)cc1)S(C)(=O)=O. The van der Waals surface area contributed by atoms with Gasteiger partial charge in [-0.25, -0.2) is 8.42 Å². The van der Waals surface area contributed by atoms with E-state index in [-0.39, 0.29) is 18.4 Å². The van der Waals surface area contributed by atoms with Gasteiger partial charge in [-0.1, -0.05) is 67.9 Å². The molecule has 40 heavy (non-hydrogen) atoms. The van der Waals surface area contributed by atoms with Gasteiger partial charge in [-0.2, -0.15) is 0 Å². The number of sulfonamides is 1. The number of hydrogen-bond acceptors (Lipinski definition) is 5. The van der Waals surface area contributed by atoms with E-state index in [0.717, 1.165) is 21.7 Å². The average Bonchev–Trinajstić information content (AvgIpc) is 2.93. The maximum absolute atomic E-state index is 13.6. The summed E-state index contributed by atoms with van der Waals surface area (Å²) in [5.74, 6) is -0.0389. The Kier molecular flexibility index (Phi) is 11.0. The molecular weight excluding hydrogens is 550 g/mol. The van der Waals surface area contributed by atoms with Crippen LogP contribution >= 0.6 is 11.6 Å². The van der Waals surface area contributed by atoms with E-state index in [1.165, 1.54) is 4.90 Å². The van der Waals surface area contributed by atoms with Crippen LogP contribution in [0.5, 0.6) is 5.75 Å². The van der Waals surface area contributed by atoms with Crippen molar-refractivity contribution >= 4 is 39.1 Å². The Bertz CT molecular complexity index is 1360. The van der Waals surface area contributed by atoms with Crippen LogP contribution in [-0.4, -0.2) is 50.5 Å². The summed E-state index contributed by atoms with van der Waals surface area (Å²) in [4.78, 5) is 27.9. The average molecular weight is 586 g/mol. The minimum atomic E-state index is -3.83. The zero-order valence-corrected chi connectivity index (χ0v) is 24.8. The molecule has 2 amide bonds. The van der Waals surface area contributed by atoms with Crippen molar-refractivity contribution in [2.45, 2.75) is 40.0 Å². The summed E-state index contributed by atoms with van der Waals surface area (Å²) in [7, 11) is -3.83. The van der Waals surface area contributed by atoms with E-state index in [9.17, 15) is 18.0 Å². The van der Waals surface area contributed by atoms with Gasteiger partial charge in [-0.05, 0) is 60.4 Å². The fraction of sp³-hybridized carbons (Fsp3) is 0.333. The Morgan fingerprint density at radius 1 is 0.900 bits per heavy atom. The van der Waals surface area contributed by atoms with Crippen LogP contribution in [0.15, 0.2) is 78.9 Å². The Labute approximate surface area is 241 Å². The minimum absolute atomic E-state index is 0.107. The molecule has 0 spiro atoms. The van der Waals surface area contributed by atoms with Crippen LogP contribution in [0, 0.1) is 5.92 Å². The normalized spacial score (nSPS) is 12.1. The molecule has 3 aromatic carbocycles. The number of anilines is 1. The number of hydrogen-bond donors (Lipinski definition) is 1. The summed E-state index contributed by atoms with van der Waals surface area (Å²) in [6.45, 7) is 6.04. The minimum Gasteiger partial charge on any atom is -0.489 e. The molecule has 214 valence electrons. The molecule has 10 heteroatoms. The quantitative estimate of drug-likeness (QED) is 0.309. The molecule has 0 saturated heterocycles. The Morgan fingerprint density at radius 2 is 1.52 bits per heavy atom. The molecule has 0 aliphatic carbocycles. The lowest BCUT2D eigenvalue weighted by Gasteiger charge is -2.31. The maximum Gasteiger partial charge on any atom is 0.244 e. The van der Waals surface area contributed by atoms with Crippen molar-refractivity contribution in [2.24, 2.45) is 5.92 Å². The third-order valence-electron chi connectivity index (χ3n) is 6.17. The number of nitrogens with zero attached hydrogens (tertiary/aromatic N) is 2. The summed E-state index contributed by atoms with van der Waals surface area (Å²) in [6.07, 6.45) is 1.04. The van der Waals surface area contributed by atoms with E-state index in [1.807, 2.05) is 44.2 Å². The Hall–Kier alpha value is -3.56. The maximum atomic E-state index is 13.6. The molecule has 0 radical (unpaired) electrons. The predicted molar refractivity (Wildman–Crippen MR) is 159 cm³/mol. The highest BCUT2D eigenvalue weighted by Crippen LogP contribution is 2.23. The fourth-order valence-corrected chi connectivity index (χ4v) is 4.86. The molecule has 0 saturated carbocycles. The van der Waals surface area contributed by atoms with Crippen molar-refractivity contribution in [3.8, 4) is 5.75 Å². The lowest BCUT2D eigenvalue weighted by atomic mass is 10.1. The van der Waals surface area contributed by atoms with E-state index >= 15 is 0 Å². The van der Waals surface area contributed by atoms with Crippen LogP contribution in [-0.2, 0) is 32.8 Å². The zero-order valence-electron chi connectivity index (χ0n) is 23.2. The molecule has 0 fully saturated rings. The number of ether oxygens (including phenoxy) is 1. The summed E-state index contributed by atoms with van der Waals surface area (Å²) in [6, 6.07) is 22.3. The first kappa shape index (κ1) is 31.0. The molecular formula is C30H36ClN3O5S. The highest BCUT2D eigenvalue weighted by Gasteiger charge is 2.30. The third-order valence-corrected chi connectivity index (χ3v) is 7.56. The first-order chi connectivity index (χ1) is 18.9. The second-order valence-corrected chi connectivity index (χ2v) is 12.3. The molecule has 1 atom stereocenters. The highest BCUT2D eigenvalue weighted by molar-refractivity contribution is 7.92. The number of nitrogens with one attached hydrogen (secondary N) is 1. The number of halogens is 1. The van der Waals surface area contributed by atoms with Crippen molar-refractivity contribution in [3.63, 3.8) is 0 Å². The van der Waals surface area contributed by atoms with E-state index < -0.39 is 28.5 Å². The van der Waals surface area contributed by atoms with E-state index in [4.69, 9.17) is 16.3 Å². The number of carbonyl (C=O) groups is 2. The van der Waals surface area contributed by atoms with Gasteiger partial charge >= 0.3 is 0 Å². The third kappa shape index (κ3) is 9.27. The molecule has 8 nitrogen and oxygen atoms in total. The van der Waals surface area contributed by atoms with Gasteiger partial charge in [0.2, 0.25) is 21.8 Å². The molecule has 0 unspecified atom stereocenters. The van der Waals surface area contributed by atoms with Crippen molar-refractivity contribution < 1.29 is 22.7 Å². The summed E-state index contributed by atoms with van der Waals surface area (Å²) < 4.78 is 32.4. The topological polar surface area (TPSA) is 96.0 Å². The smallest absolute Gasteiger partial charge is 0.244 e. The summed E-state index contributed by atoms with van der Waals surface area (Å²) in [5.41, 5.74) is 2.07. The van der Waals surface area contributed by atoms with Crippen molar-refractivity contribution in [3.05, 3.63) is 95.0 Å². The Balaban J connectivity index is 1.80. The molecule has 0 bridgehead atoms. The molecule has 3 rings (SSSR count). The van der Waals surface area contributed by atoms with Gasteiger partial charge in [0.15, 0.2) is 0 Å². The van der Waals surface area contributed by atoms with Crippen molar-refractivity contribution in [1.82, 2.24) is 10.2 Å². The van der Waals surface area contributed by atoms with Gasteiger partial charge in [0.05, 0.1) is 11.9 Å². The standard InChI is InChI=1S/C30H36ClN3O5S/c1-22(2)18-32-30(36)23(3)33(19-24-10-12-26(31)13-11-24)29(35)20-34(40(4,37)38)27-14-16-28(17-15-27)39-21-25-8-6-5-7-9-25/h5-17,22-23H,18-21H2,1-4H3,(H,32,36)/t23-/m0/s1. The Morgan fingerprint density at radius 3 is 2.10 bits per heavy atom. The van der Waals surface area contributed by atoms with Crippen LogP contribution in [0.4, 0.5) is 5.69 Å². The lowest BCUT2D eigenvalue weighted by Crippen LogP contribution is -2.51. The monoisotopic (exact) mass is 585 g/mol. The first-order valence-electron chi connectivity index (χ1n) is 13.0. The first-order valence-corrected chi connectivity index (χ1v) is 15.2. The van der Waals surface area contributed by atoms with Crippen LogP contribution in [0.1, 0.15) is 31.9 Å². The zero-order chi connectivity index (χ0) is 29.3. The van der Waals surface area contributed by atoms with Crippen molar-refractivity contribution in [2.75, 3.05) is 23.7 Å². The molecule has 0 aromatic heterocycles. The van der Waals surface area contributed by atoms with Gasteiger partial charge in [-0.3, -0.25) is 13.9 Å². The molecule has 0 aliphatic heterocycles. The van der Waals surface area contributed by atoms with Crippen LogP contribution in [0.25, 0.3) is 0 Å². The van der Waals surface area contributed by atoms with Gasteiger partial charge in [0.25, 0.3) is 0 Å². The molecule has 1 N–H and O–H groups in total. The van der Waals surface area contributed by atoms with Crippen molar-refractivity contribution in [1.29, 1.82) is 0 Å². The van der Waals surface area contributed by atoms with Crippen LogP contribution < -0.4 is 14.4 Å². The van der Waals surface area contributed by atoms with Gasteiger partial charge in [0.1, 0.15) is 24.9 Å². The second kappa shape index (κ2) is 14.2. The number of rotatable bonds is 13. The highest BCUT2D eigenvalue weighted by atomic mass is 35.5. The van der Waals surface area contributed by atoms with E-state index in [1.54, 1.807) is 55.5 Å². The van der Waals surface area contributed by atoms with Gasteiger partial charge in [0, 0.05) is 18.1 Å². The van der Waals surface area contributed by atoms with Crippen LogP contribution in [0.3, 0.4) is 0 Å². The molecule has 3 aromatic rings. The molecule has 0 heterocycles. The number of benzene rings is 3. The van der Waals surface area contributed by atoms with Gasteiger partial charge in [-0.15, -0.1) is 0 Å². The lowest BCUT2D eigenvalue weighted by molar-refractivity contribution is -0.139. The fourth-order valence-electron chi connectivity index (χ4n) is 3.88. The second-order valence-electron chi connectivity index (χ2n) is 10.0. The largest absolute Gasteiger partial charge is 0.489 e. The van der Waals surface area contributed by atoms with Crippen LogP contribution in [0.2, 0.25) is 5.02 Å². The predicted octanol–water partition coefficient (Wildman–Crippen LogP) is 4.87. The number of carbonyl (C=O) groups excluding carboxylic acids is 2. The summed E-state index contributed by atoms with van der Waals surface area (Å²) in [5, 5.41) is 3.40. The molecule has 0 aliphatic rings. The summed E-state index contributed by atoms with van der Waals surface area (Å²) >= 11 is 6.02.